The van der Waals surface area contributed by atoms with Crippen molar-refractivity contribution in [3.63, 3.8) is 0 Å². The van der Waals surface area contributed by atoms with E-state index in [2.05, 4.69) is 10.1 Å². The number of amides is 1. The minimum Gasteiger partial charge on any atom is -0.393 e. The maximum Gasteiger partial charge on any atom is 0.246 e. The second-order valence-electron chi connectivity index (χ2n) is 4.76. The Kier molecular flexibility index (Phi) is 3.42. The number of aliphatic hydroxyl groups is 1. The van der Waals surface area contributed by atoms with Gasteiger partial charge in [-0.05, 0) is 25.7 Å². The maximum absolute atomic E-state index is 12.1. The van der Waals surface area contributed by atoms with Gasteiger partial charge < -0.3 is 10.0 Å². The van der Waals surface area contributed by atoms with E-state index in [9.17, 15) is 9.90 Å². The van der Waals surface area contributed by atoms with Gasteiger partial charge in [0, 0.05) is 13.6 Å². The smallest absolute Gasteiger partial charge is 0.246 e. The third kappa shape index (κ3) is 2.63. The third-order valence-electron chi connectivity index (χ3n) is 3.31. The zero-order chi connectivity index (χ0) is 12.4. The molecule has 0 radical (unpaired) electrons. The first-order valence-electron chi connectivity index (χ1n) is 5.85. The number of aliphatic hydroxyl groups excluding tert-OH is 1. The van der Waals surface area contributed by atoms with Crippen LogP contribution in [0.15, 0.2) is 12.7 Å². The van der Waals surface area contributed by atoms with Crippen LogP contribution in [0.1, 0.15) is 25.8 Å². The molecule has 1 atom stereocenters. The molecule has 6 heteroatoms. The zero-order valence-corrected chi connectivity index (χ0v) is 10.2. The van der Waals surface area contributed by atoms with Gasteiger partial charge in [0.1, 0.15) is 18.7 Å². The lowest BCUT2D eigenvalue weighted by molar-refractivity contribution is -0.134. The molecule has 0 saturated heterocycles. The van der Waals surface area contributed by atoms with Gasteiger partial charge in [0.25, 0.3) is 0 Å². The predicted octanol–water partition coefficient (Wildman–Crippen LogP) is 0.0684. The lowest BCUT2D eigenvalue weighted by Crippen LogP contribution is -2.41. The highest BCUT2D eigenvalue weighted by atomic mass is 16.3. The first kappa shape index (κ1) is 12.0. The third-order valence-corrected chi connectivity index (χ3v) is 3.31. The first-order chi connectivity index (χ1) is 8.08. The molecule has 1 fully saturated rings. The number of nitrogens with zero attached hydrogens (tertiary/aromatic N) is 4. The molecule has 1 N–H and O–H groups in total. The summed E-state index contributed by atoms with van der Waals surface area (Å²) in [6.45, 7) is 2.51. The van der Waals surface area contributed by atoms with Gasteiger partial charge in [0.2, 0.25) is 5.91 Å². The van der Waals surface area contributed by atoms with Crippen molar-refractivity contribution >= 4 is 5.91 Å². The van der Waals surface area contributed by atoms with E-state index in [1.165, 1.54) is 6.33 Å². The van der Waals surface area contributed by atoms with Crippen molar-refractivity contribution in [3.05, 3.63) is 12.7 Å². The molecule has 1 aliphatic rings. The first-order valence-corrected chi connectivity index (χ1v) is 5.85. The van der Waals surface area contributed by atoms with Gasteiger partial charge in [-0.1, -0.05) is 0 Å². The van der Waals surface area contributed by atoms with Crippen LogP contribution in [-0.2, 0) is 4.79 Å². The van der Waals surface area contributed by atoms with Gasteiger partial charge in [-0.3, -0.25) is 4.79 Å². The Hall–Kier alpha value is -1.43. The molecule has 94 valence electrons. The second-order valence-corrected chi connectivity index (χ2v) is 4.76. The van der Waals surface area contributed by atoms with E-state index in [1.807, 2.05) is 6.92 Å². The number of carbonyl (C=O) groups is 1. The number of hydrogen-bond donors (Lipinski definition) is 1. The van der Waals surface area contributed by atoms with Crippen molar-refractivity contribution in [1.82, 2.24) is 19.7 Å². The highest BCUT2D eigenvalue weighted by Gasteiger charge is 2.30. The van der Waals surface area contributed by atoms with Crippen LogP contribution in [0.5, 0.6) is 0 Å². The van der Waals surface area contributed by atoms with Crippen LogP contribution in [0.3, 0.4) is 0 Å². The molecule has 1 amide bonds. The quantitative estimate of drug-likeness (QED) is 0.805. The molecule has 2 rings (SSSR count). The number of carbonyl (C=O) groups excluding carboxylic acids is 1. The summed E-state index contributed by atoms with van der Waals surface area (Å²) in [5.41, 5.74) is 0. The Balaban J connectivity index is 1.86. The summed E-state index contributed by atoms with van der Waals surface area (Å²) in [7, 11) is 1.79. The largest absolute Gasteiger partial charge is 0.393 e. The minimum atomic E-state index is -0.326. The number of hydrogen-bond acceptors (Lipinski definition) is 4. The molecule has 1 aliphatic carbocycles. The molecule has 1 aromatic heterocycles. The Morgan fingerprint density at radius 2 is 2.35 bits per heavy atom. The van der Waals surface area contributed by atoms with E-state index < -0.39 is 0 Å². The molecule has 1 unspecified atom stereocenters. The molecule has 0 spiro atoms. The van der Waals surface area contributed by atoms with E-state index in [4.69, 9.17) is 0 Å². The summed E-state index contributed by atoms with van der Waals surface area (Å²) >= 11 is 0. The fourth-order valence-electron chi connectivity index (χ4n) is 2.18. The van der Waals surface area contributed by atoms with Gasteiger partial charge in [0.05, 0.1) is 6.10 Å². The zero-order valence-electron chi connectivity index (χ0n) is 10.2. The Morgan fingerprint density at radius 3 is 2.88 bits per heavy atom. The predicted molar refractivity (Wildman–Crippen MR) is 61.1 cm³/mol. The SMILES string of the molecule is CC(C(=O)N(C)CC1CC(O)C1)n1cncn1. The topological polar surface area (TPSA) is 71.2 Å². The lowest BCUT2D eigenvalue weighted by Gasteiger charge is -2.35. The van der Waals surface area contributed by atoms with Crippen molar-refractivity contribution in [3.8, 4) is 0 Å². The monoisotopic (exact) mass is 238 g/mol. The van der Waals surface area contributed by atoms with Crippen molar-refractivity contribution in [2.75, 3.05) is 13.6 Å². The Morgan fingerprint density at radius 1 is 1.65 bits per heavy atom. The maximum atomic E-state index is 12.1. The van der Waals surface area contributed by atoms with E-state index in [0.29, 0.717) is 12.5 Å². The fraction of sp³-hybridized carbons (Fsp3) is 0.727. The normalized spacial score (nSPS) is 25.1. The summed E-state index contributed by atoms with van der Waals surface area (Å²) in [5.74, 6) is 0.457. The summed E-state index contributed by atoms with van der Waals surface area (Å²) in [6, 6.07) is -0.326. The van der Waals surface area contributed by atoms with Crippen LogP contribution in [-0.4, -0.2) is 50.4 Å². The second kappa shape index (κ2) is 4.83. The summed E-state index contributed by atoms with van der Waals surface area (Å²) in [4.78, 5) is 17.6. The molecule has 6 nitrogen and oxygen atoms in total. The van der Waals surface area contributed by atoms with Crippen LogP contribution in [0.2, 0.25) is 0 Å². The summed E-state index contributed by atoms with van der Waals surface area (Å²) in [6.07, 6.45) is 4.40. The Bertz CT molecular complexity index is 373. The van der Waals surface area contributed by atoms with Gasteiger partial charge in [-0.25, -0.2) is 9.67 Å². The van der Waals surface area contributed by atoms with E-state index in [1.54, 1.807) is 23.0 Å². The molecule has 1 aromatic rings. The molecule has 0 bridgehead atoms. The van der Waals surface area contributed by atoms with E-state index in [-0.39, 0.29) is 18.1 Å². The van der Waals surface area contributed by atoms with Crippen molar-refractivity contribution < 1.29 is 9.90 Å². The number of aromatic nitrogens is 3. The fourth-order valence-corrected chi connectivity index (χ4v) is 2.18. The summed E-state index contributed by atoms with van der Waals surface area (Å²) in [5, 5.41) is 13.2. The molecule has 0 aliphatic heterocycles. The average Bonchev–Trinajstić information content (AvgIpc) is 2.78. The van der Waals surface area contributed by atoms with Crippen LogP contribution in [0.25, 0.3) is 0 Å². The van der Waals surface area contributed by atoms with Crippen molar-refractivity contribution in [2.24, 2.45) is 5.92 Å². The highest BCUT2D eigenvalue weighted by Crippen LogP contribution is 2.28. The molecular formula is C11H18N4O2. The molecule has 1 heterocycles. The van der Waals surface area contributed by atoms with Crippen LogP contribution in [0, 0.1) is 5.92 Å². The van der Waals surface area contributed by atoms with Crippen LogP contribution in [0.4, 0.5) is 0 Å². The van der Waals surface area contributed by atoms with Crippen LogP contribution < -0.4 is 0 Å². The lowest BCUT2D eigenvalue weighted by atomic mass is 9.82. The van der Waals surface area contributed by atoms with Gasteiger partial charge in [-0.2, -0.15) is 5.10 Å². The van der Waals surface area contributed by atoms with E-state index in [0.717, 1.165) is 12.8 Å². The Labute approximate surface area is 100 Å². The number of rotatable bonds is 4. The van der Waals surface area contributed by atoms with E-state index >= 15 is 0 Å². The minimum absolute atomic E-state index is 0.0249. The molecular weight excluding hydrogens is 220 g/mol. The molecule has 0 aromatic carbocycles. The van der Waals surface area contributed by atoms with Gasteiger partial charge >= 0.3 is 0 Å². The highest BCUT2D eigenvalue weighted by molar-refractivity contribution is 5.79. The molecule has 17 heavy (non-hydrogen) atoms. The van der Waals surface area contributed by atoms with Crippen molar-refractivity contribution in [2.45, 2.75) is 31.9 Å². The van der Waals surface area contributed by atoms with Crippen molar-refractivity contribution in [1.29, 1.82) is 0 Å². The molecule has 1 saturated carbocycles. The number of likely N-dealkylation sites (N-methyl/N-ethyl adjacent to an activating group) is 1. The van der Waals surface area contributed by atoms with Gasteiger partial charge in [-0.15, -0.1) is 0 Å². The summed E-state index contributed by atoms with van der Waals surface area (Å²) < 4.78 is 1.55. The van der Waals surface area contributed by atoms with Crippen LogP contribution >= 0.6 is 0 Å². The standard InChI is InChI=1S/C11H18N4O2/c1-8(15-7-12-6-13-15)11(17)14(2)5-9-3-10(16)4-9/h6-10,16H,3-5H2,1-2H3. The van der Waals surface area contributed by atoms with Gasteiger partial charge in [0.15, 0.2) is 0 Å². The average molecular weight is 238 g/mol.